The molecule has 2 aromatic rings. The van der Waals surface area contributed by atoms with Gasteiger partial charge in [-0.15, -0.1) is 0 Å². The number of fused-ring (bicyclic) bond motifs is 2. The van der Waals surface area contributed by atoms with Crippen LogP contribution in [-0.2, 0) is 10.0 Å². The fraction of sp³-hybridized carbons (Fsp3) is 0.476. The van der Waals surface area contributed by atoms with Crippen molar-refractivity contribution in [3.05, 3.63) is 35.9 Å². The van der Waals surface area contributed by atoms with Crippen molar-refractivity contribution in [3.63, 3.8) is 0 Å². The van der Waals surface area contributed by atoms with Crippen LogP contribution in [0.2, 0.25) is 0 Å². The molecule has 0 unspecified atom stereocenters. The first-order valence-electron chi connectivity index (χ1n) is 9.49. The van der Waals surface area contributed by atoms with E-state index in [1.165, 1.54) is 0 Å². The van der Waals surface area contributed by atoms with Crippen molar-refractivity contribution in [1.29, 1.82) is 0 Å². The SMILES string of the molecule is CC1(C)C[C@@H]2C[C@@](C)(CN2S(=O)(=O)c2ccc3c4c(cccc24)C(=O)N3)C1. The maximum Gasteiger partial charge on any atom is 0.256 e. The summed E-state index contributed by atoms with van der Waals surface area (Å²) in [6, 6.07) is 8.74. The molecule has 5 rings (SSSR count). The molecule has 1 amide bonds. The molecule has 6 heteroatoms. The van der Waals surface area contributed by atoms with Crippen LogP contribution in [0.4, 0.5) is 5.69 Å². The third kappa shape index (κ3) is 2.39. The molecule has 1 saturated carbocycles. The molecule has 27 heavy (non-hydrogen) atoms. The number of anilines is 1. The van der Waals surface area contributed by atoms with Gasteiger partial charge in [0.2, 0.25) is 10.0 Å². The van der Waals surface area contributed by atoms with Gasteiger partial charge in [-0.25, -0.2) is 8.42 Å². The zero-order valence-electron chi connectivity index (χ0n) is 15.9. The zero-order chi connectivity index (χ0) is 19.2. The summed E-state index contributed by atoms with van der Waals surface area (Å²) in [5, 5.41) is 4.18. The molecule has 2 atom stereocenters. The number of amides is 1. The number of hydrogen-bond acceptors (Lipinski definition) is 3. The van der Waals surface area contributed by atoms with Crippen molar-refractivity contribution in [1.82, 2.24) is 4.31 Å². The van der Waals surface area contributed by atoms with Crippen molar-refractivity contribution < 1.29 is 13.2 Å². The van der Waals surface area contributed by atoms with Crippen LogP contribution in [0.3, 0.4) is 0 Å². The van der Waals surface area contributed by atoms with E-state index in [9.17, 15) is 13.2 Å². The summed E-state index contributed by atoms with van der Waals surface area (Å²) in [6.07, 6.45) is 2.87. The molecular weight excluding hydrogens is 360 g/mol. The first kappa shape index (κ1) is 17.2. The first-order valence-corrected chi connectivity index (χ1v) is 10.9. The average molecular weight is 385 g/mol. The quantitative estimate of drug-likeness (QED) is 0.851. The van der Waals surface area contributed by atoms with Crippen molar-refractivity contribution in [3.8, 4) is 0 Å². The largest absolute Gasteiger partial charge is 0.321 e. The smallest absolute Gasteiger partial charge is 0.256 e. The van der Waals surface area contributed by atoms with E-state index in [0.717, 1.165) is 24.6 Å². The van der Waals surface area contributed by atoms with Gasteiger partial charge in [-0.3, -0.25) is 4.79 Å². The number of sulfonamides is 1. The number of benzene rings is 2. The Morgan fingerprint density at radius 2 is 1.89 bits per heavy atom. The summed E-state index contributed by atoms with van der Waals surface area (Å²) >= 11 is 0. The molecule has 0 radical (unpaired) electrons. The number of rotatable bonds is 2. The summed E-state index contributed by atoms with van der Waals surface area (Å²) in [5.74, 6) is -0.170. The molecular formula is C21H24N2O3S. The van der Waals surface area contributed by atoms with Gasteiger partial charge in [0.15, 0.2) is 0 Å². The summed E-state index contributed by atoms with van der Waals surface area (Å²) < 4.78 is 29.1. The van der Waals surface area contributed by atoms with Crippen LogP contribution in [0.15, 0.2) is 35.2 Å². The molecule has 2 aliphatic heterocycles. The van der Waals surface area contributed by atoms with Gasteiger partial charge in [-0.05, 0) is 48.3 Å². The first-order chi connectivity index (χ1) is 12.6. The summed E-state index contributed by atoms with van der Waals surface area (Å²) in [5.41, 5.74) is 1.43. The average Bonchev–Trinajstić information content (AvgIpc) is 3.02. The predicted octanol–water partition coefficient (Wildman–Crippen LogP) is 3.99. The number of nitrogens with zero attached hydrogens (tertiary/aromatic N) is 1. The molecule has 1 saturated heterocycles. The van der Waals surface area contributed by atoms with Crippen molar-refractivity contribution in [2.75, 3.05) is 11.9 Å². The second-order valence-electron chi connectivity index (χ2n) is 9.56. The second-order valence-corrected chi connectivity index (χ2v) is 11.4. The number of hydrogen-bond donors (Lipinski definition) is 1. The molecule has 0 aromatic heterocycles. The van der Waals surface area contributed by atoms with E-state index in [2.05, 4.69) is 26.1 Å². The van der Waals surface area contributed by atoms with E-state index >= 15 is 0 Å². The standard InChI is InChI=1S/C21H24N2O3S/c1-20(2)9-13-10-21(3,11-20)12-23(13)27(25,26)17-8-7-16-18-14(17)5-4-6-15(18)19(24)22-16/h4-8,13H,9-12H2,1-3H3,(H,22,24)/t13-,21-/m1/s1. The Morgan fingerprint density at radius 1 is 1.11 bits per heavy atom. The lowest BCUT2D eigenvalue weighted by Gasteiger charge is -2.39. The van der Waals surface area contributed by atoms with Crippen LogP contribution in [0.5, 0.6) is 0 Å². The van der Waals surface area contributed by atoms with Crippen LogP contribution in [0.25, 0.3) is 10.8 Å². The molecule has 2 heterocycles. The molecule has 2 aromatic carbocycles. The van der Waals surface area contributed by atoms with E-state index in [-0.39, 0.29) is 22.8 Å². The van der Waals surface area contributed by atoms with Crippen molar-refractivity contribution >= 4 is 32.4 Å². The Labute approximate surface area is 159 Å². The minimum Gasteiger partial charge on any atom is -0.321 e. The highest BCUT2D eigenvalue weighted by atomic mass is 32.2. The Kier molecular flexibility index (Phi) is 3.26. The van der Waals surface area contributed by atoms with Gasteiger partial charge in [0, 0.05) is 34.6 Å². The van der Waals surface area contributed by atoms with Crippen molar-refractivity contribution in [2.45, 2.75) is 51.0 Å². The maximum absolute atomic E-state index is 13.7. The molecule has 1 N–H and O–H groups in total. The minimum atomic E-state index is -3.64. The summed E-state index contributed by atoms with van der Waals surface area (Å²) in [4.78, 5) is 12.5. The third-order valence-corrected chi connectivity index (χ3v) is 8.40. The molecule has 0 spiro atoms. The fourth-order valence-corrected chi connectivity index (χ4v) is 7.87. The number of carbonyl (C=O) groups is 1. The van der Waals surface area contributed by atoms with Gasteiger partial charge in [-0.1, -0.05) is 32.9 Å². The molecule has 5 nitrogen and oxygen atoms in total. The lowest BCUT2D eigenvalue weighted by atomic mass is 9.65. The van der Waals surface area contributed by atoms with E-state index in [4.69, 9.17) is 0 Å². The van der Waals surface area contributed by atoms with Crippen molar-refractivity contribution in [2.24, 2.45) is 10.8 Å². The van der Waals surface area contributed by atoms with Crippen LogP contribution >= 0.6 is 0 Å². The zero-order valence-corrected chi connectivity index (χ0v) is 16.7. The Bertz CT molecular complexity index is 1110. The van der Waals surface area contributed by atoms with Crippen LogP contribution in [0.1, 0.15) is 50.4 Å². The van der Waals surface area contributed by atoms with Crippen LogP contribution in [0, 0.1) is 10.8 Å². The molecule has 2 bridgehead atoms. The van der Waals surface area contributed by atoms with Crippen LogP contribution in [-0.4, -0.2) is 31.2 Å². The Morgan fingerprint density at radius 3 is 2.67 bits per heavy atom. The van der Waals surface area contributed by atoms with E-state index in [1.54, 1.807) is 28.6 Å². The van der Waals surface area contributed by atoms with Gasteiger partial charge in [-0.2, -0.15) is 4.31 Å². The number of nitrogens with one attached hydrogen (secondary N) is 1. The van der Waals surface area contributed by atoms with E-state index in [0.29, 0.717) is 28.1 Å². The second kappa shape index (κ2) is 5.11. The topological polar surface area (TPSA) is 66.5 Å². The van der Waals surface area contributed by atoms with Gasteiger partial charge >= 0.3 is 0 Å². The summed E-state index contributed by atoms with van der Waals surface area (Å²) in [6.45, 7) is 7.27. The highest BCUT2D eigenvalue weighted by Crippen LogP contribution is 2.54. The predicted molar refractivity (Wildman–Crippen MR) is 105 cm³/mol. The highest BCUT2D eigenvalue weighted by Gasteiger charge is 2.53. The normalized spacial score (nSPS) is 29.3. The molecule has 3 aliphatic rings. The molecule has 1 aliphatic carbocycles. The van der Waals surface area contributed by atoms with Gasteiger partial charge in [0.25, 0.3) is 5.91 Å². The van der Waals surface area contributed by atoms with Gasteiger partial charge in [0.1, 0.15) is 0 Å². The minimum absolute atomic E-state index is 0.0336. The highest BCUT2D eigenvalue weighted by molar-refractivity contribution is 7.89. The lowest BCUT2D eigenvalue weighted by molar-refractivity contribution is 0.103. The molecule has 142 valence electrons. The van der Waals surface area contributed by atoms with Crippen LogP contribution < -0.4 is 5.32 Å². The number of carbonyl (C=O) groups excluding carboxylic acids is 1. The van der Waals surface area contributed by atoms with Gasteiger partial charge < -0.3 is 5.32 Å². The van der Waals surface area contributed by atoms with E-state index < -0.39 is 10.0 Å². The molecule has 2 fully saturated rings. The van der Waals surface area contributed by atoms with E-state index in [1.807, 2.05) is 6.07 Å². The van der Waals surface area contributed by atoms with Gasteiger partial charge in [0.05, 0.1) is 4.90 Å². The monoisotopic (exact) mass is 384 g/mol. The summed E-state index contributed by atoms with van der Waals surface area (Å²) in [7, 11) is -3.64. The maximum atomic E-state index is 13.7. The third-order valence-electron chi connectivity index (χ3n) is 6.45. The Hall–Kier alpha value is -1.92. The lowest BCUT2D eigenvalue weighted by Crippen LogP contribution is -2.37. The fourth-order valence-electron chi connectivity index (χ4n) is 5.90. The Balaban J connectivity index is 1.66.